The zero-order valence-corrected chi connectivity index (χ0v) is 12.6. The summed E-state index contributed by atoms with van der Waals surface area (Å²) in [6.45, 7) is 0.683. The Bertz CT molecular complexity index is 675. The molecule has 7 nitrogen and oxygen atoms in total. The number of fused-ring (bicyclic) bond motifs is 1. The number of aliphatic carboxylic acids is 1. The van der Waals surface area contributed by atoms with Crippen molar-refractivity contribution in [3.63, 3.8) is 0 Å². The van der Waals surface area contributed by atoms with E-state index in [0.717, 1.165) is 12.8 Å². The zero-order chi connectivity index (χ0) is 16.6. The summed E-state index contributed by atoms with van der Waals surface area (Å²) in [6, 6.07) is 6.02. The summed E-state index contributed by atoms with van der Waals surface area (Å²) in [5.41, 5.74) is 5.20. The first-order valence-electron chi connectivity index (χ1n) is 7.61. The molecule has 1 aromatic carbocycles. The monoisotopic (exact) mass is 317 g/mol. The standard InChI is InChI=1S/C16H19N3O4/c17-13(20)10-3-1-5-12(7-10)18-15(23)19-8-11-4-2-6-16(11,9-19)14(21)22/h1,3,5,7,11H,2,4,6,8-9H2,(H2,17,20)(H,18,23)(H,21,22)/t11-,16+/m0/s1. The summed E-state index contributed by atoms with van der Waals surface area (Å²) in [4.78, 5) is 36.8. The molecule has 0 radical (unpaired) electrons. The molecule has 0 aromatic heterocycles. The predicted molar refractivity (Wildman–Crippen MR) is 83.0 cm³/mol. The number of hydrogen-bond acceptors (Lipinski definition) is 3. The molecule has 1 aliphatic heterocycles. The fourth-order valence-corrected chi connectivity index (χ4v) is 3.75. The van der Waals surface area contributed by atoms with Crippen LogP contribution in [0.1, 0.15) is 29.6 Å². The second-order valence-electron chi connectivity index (χ2n) is 6.31. The van der Waals surface area contributed by atoms with Crippen molar-refractivity contribution in [3.8, 4) is 0 Å². The lowest BCUT2D eigenvalue weighted by molar-refractivity contribution is -0.149. The van der Waals surface area contributed by atoms with Gasteiger partial charge in [-0.05, 0) is 37.0 Å². The molecule has 0 bridgehead atoms. The van der Waals surface area contributed by atoms with Gasteiger partial charge in [0.2, 0.25) is 5.91 Å². The number of carboxylic acids is 1. The molecule has 0 unspecified atom stereocenters. The van der Waals surface area contributed by atoms with Gasteiger partial charge in [-0.3, -0.25) is 9.59 Å². The maximum absolute atomic E-state index is 12.4. The minimum absolute atomic E-state index is 0.0164. The van der Waals surface area contributed by atoms with Gasteiger partial charge in [0.15, 0.2) is 0 Å². The summed E-state index contributed by atoms with van der Waals surface area (Å²) < 4.78 is 0. The lowest BCUT2D eigenvalue weighted by Crippen LogP contribution is -2.38. The minimum atomic E-state index is -0.814. The largest absolute Gasteiger partial charge is 0.481 e. The molecule has 4 N–H and O–H groups in total. The van der Waals surface area contributed by atoms with E-state index in [-0.39, 0.29) is 18.5 Å². The Morgan fingerprint density at radius 3 is 2.78 bits per heavy atom. The van der Waals surface area contributed by atoms with Gasteiger partial charge in [0.05, 0.1) is 5.41 Å². The molecule has 1 saturated heterocycles. The van der Waals surface area contributed by atoms with Gasteiger partial charge in [0, 0.05) is 24.3 Å². The fourth-order valence-electron chi connectivity index (χ4n) is 3.75. The van der Waals surface area contributed by atoms with E-state index < -0.39 is 17.3 Å². The third-order valence-corrected chi connectivity index (χ3v) is 4.98. The summed E-state index contributed by atoms with van der Waals surface area (Å²) in [6.07, 6.45) is 2.36. The second kappa shape index (κ2) is 5.57. The summed E-state index contributed by atoms with van der Waals surface area (Å²) >= 11 is 0. The average molecular weight is 317 g/mol. The van der Waals surface area contributed by atoms with Crippen molar-refractivity contribution in [1.29, 1.82) is 0 Å². The van der Waals surface area contributed by atoms with E-state index in [2.05, 4.69) is 5.32 Å². The number of nitrogens with one attached hydrogen (secondary N) is 1. The van der Waals surface area contributed by atoms with E-state index >= 15 is 0 Å². The maximum Gasteiger partial charge on any atom is 0.321 e. The highest BCUT2D eigenvalue weighted by atomic mass is 16.4. The topological polar surface area (TPSA) is 113 Å². The summed E-state index contributed by atoms with van der Waals surface area (Å²) in [5, 5.41) is 12.3. The van der Waals surface area contributed by atoms with Crippen LogP contribution in [0.3, 0.4) is 0 Å². The highest BCUT2D eigenvalue weighted by molar-refractivity contribution is 5.96. The third-order valence-electron chi connectivity index (χ3n) is 4.98. The molecule has 122 valence electrons. The number of nitrogens with zero attached hydrogens (tertiary/aromatic N) is 1. The van der Waals surface area contributed by atoms with Crippen LogP contribution in [0.2, 0.25) is 0 Å². The number of carbonyl (C=O) groups excluding carboxylic acids is 2. The van der Waals surface area contributed by atoms with Gasteiger partial charge in [0.1, 0.15) is 0 Å². The smallest absolute Gasteiger partial charge is 0.321 e. The van der Waals surface area contributed by atoms with E-state index in [9.17, 15) is 19.5 Å². The van der Waals surface area contributed by atoms with Gasteiger partial charge in [-0.1, -0.05) is 12.5 Å². The maximum atomic E-state index is 12.4. The van der Waals surface area contributed by atoms with Crippen LogP contribution < -0.4 is 11.1 Å². The van der Waals surface area contributed by atoms with Crippen molar-refractivity contribution < 1.29 is 19.5 Å². The number of urea groups is 1. The Morgan fingerprint density at radius 2 is 2.13 bits per heavy atom. The van der Waals surface area contributed by atoms with Gasteiger partial charge in [0.25, 0.3) is 0 Å². The minimum Gasteiger partial charge on any atom is -0.481 e. The molecule has 3 rings (SSSR count). The molecule has 3 amide bonds. The van der Waals surface area contributed by atoms with Crippen LogP contribution in [-0.4, -0.2) is 41.0 Å². The van der Waals surface area contributed by atoms with E-state index in [1.54, 1.807) is 23.1 Å². The van der Waals surface area contributed by atoms with E-state index in [4.69, 9.17) is 5.73 Å². The van der Waals surface area contributed by atoms with Gasteiger partial charge < -0.3 is 21.1 Å². The number of anilines is 1. The first-order chi connectivity index (χ1) is 10.9. The highest BCUT2D eigenvalue weighted by Crippen LogP contribution is 2.48. The number of hydrogen-bond donors (Lipinski definition) is 3. The van der Waals surface area contributed by atoms with Gasteiger partial charge in [-0.2, -0.15) is 0 Å². The van der Waals surface area contributed by atoms with Crippen LogP contribution in [0.15, 0.2) is 24.3 Å². The number of carbonyl (C=O) groups is 3. The number of carboxylic acid groups (broad SMARTS) is 1. The number of nitrogens with two attached hydrogens (primary N) is 1. The predicted octanol–water partition coefficient (Wildman–Crippen LogP) is 1.50. The lowest BCUT2D eigenvalue weighted by atomic mass is 9.81. The molecular formula is C16H19N3O4. The number of likely N-dealkylation sites (tertiary alicyclic amines) is 1. The summed E-state index contributed by atoms with van der Waals surface area (Å²) in [5.74, 6) is -1.37. The van der Waals surface area contributed by atoms with Crippen molar-refractivity contribution >= 4 is 23.6 Å². The van der Waals surface area contributed by atoms with Crippen LogP contribution in [0.4, 0.5) is 10.5 Å². The lowest BCUT2D eigenvalue weighted by Gasteiger charge is -2.23. The van der Waals surface area contributed by atoms with E-state index in [1.165, 1.54) is 6.07 Å². The molecule has 1 aliphatic carbocycles. The molecule has 0 spiro atoms. The molecule has 1 heterocycles. The Hall–Kier alpha value is -2.57. The van der Waals surface area contributed by atoms with Gasteiger partial charge >= 0.3 is 12.0 Å². The molecular weight excluding hydrogens is 298 g/mol. The zero-order valence-electron chi connectivity index (χ0n) is 12.6. The van der Waals surface area contributed by atoms with E-state index in [1.807, 2.05) is 0 Å². The van der Waals surface area contributed by atoms with Crippen LogP contribution in [0, 0.1) is 11.3 Å². The molecule has 7 heteroatoms. The number of benzene rings is 1. The quantitative estimate of drug-likeness (QED) is 0.784. The Kier molecular flexibility index (Phi) is 3.71. The van der Waals surface area contributed by atoms with Crippen molar-refractivity contribution in [1.82, 2.24) is 4.90 Å². The molecule has 2 fully saturated rings. The average Bonchev–Trinajstić information content (AvgIpc) is 3.05. The Balaban J connectivity index is 1.72. The summed E-state index contributed by atoms with van der Waals surface area (Å²) in [7, 11) is 0. The second-order valence-corrected chi connectivity index (χ2v) is 6.31. The SMILES string of the molecule is NC(=O)c1cccc(NC(=O)N2C[C@@H]3CCC[C@@]3(C(=O)O)C2)c1. The number of primary amides is 1. The van der Waals surface area contributed by atoms with Crippen LogP contribution in [0.25, 0.3) is 0 Å². The molecule has 2 atom stereocenters. The third kappa shape index (κ3) is 2.62. The molecule has 23 heavy (non-hydrogen) atoms. The fraction of sp³-hybridized carbons (Fsp3) is 0.438. The van der Waals surface area contributed by atoms with Gasteiger partial charge in [-0.15, -0.1) is 0 Å². The van der Waals surface area contributed by atoms with Crippen LogP contribution in [-0.2, 0) is 4.79 Å². The Labute approximate surface area is 133 Å². The normalized spacial score (nSPS) is 25.9. The first kappa shape index (κ1) is 15.3. The molecule has 1 aromatic rings. The van der Waals surface area contributed by atoms with Crippen molar-refractivity contribution in [2.24, 2.45) is 17.1 Å². The van der Waals surface area contributed by atoms with E-state index in [0.29, 0.717) is 24.2 Å². The van der Waals surface area contributed by atoms with Gasteiger partial charge in [-0.25, -0.2) is 4.79 Å². The van der Waals surface area contributed by atoms with Crippen molar-refractivity contribution in [3.05, 3.63) is 29.8 Å². The molecule has 2 aliphatic rings. The number of rotatable bonds is 3. The van der Waals surface area contributed by atoms with Crippen molar-refractivity contribution in [2.45, 2.75) is 19.3 Å². The highest BCUT2D eigenvalue weighted by Gasteiger charge is 2.55. The Morgan fingerprint density at radius 1 is 1.35 bits per heavy atom. The van der Waals surface area contributed by atoms with Crippen LogP contribution in [0.5, 0.6) is 0 Å². The first-order valence-corrected chi connectivity index (χ1v) is 7.61. The van der Waals surface area contributed by atoms with Crippen molar-refractivity contribution in [2.75, 3.05) is 18.4 Å². The molecule has 1 saturated carbocycles. The number of amides is 3. The van der Waals surface area contributed by atoms with Crippen LogP contribution >= 0.6 is 0 Å².